The van der Waals surface area contributed by atoms with Gasteiger partial charge in [-0.05, 0) is 60.3 Å². The summed E-state index contributed by atoms with van der Waals surface area (Å²) in [5.41, 5.74) is 3.37. The van der Waals surface area contributed by atoms with E-state index in [1.54, 1.807) is 7.11 Å². The van der Waals surface area contributed by atoms with Gasteiger partial charge in [0.05, 0.1) is 63.2 Å². The smallest absolute Gasteiger partial charge is 0.171 e. The van der Waals surface area contributed by atoms with Crippen LogP contribution in [0.15, 0.2) is 103 Å². The Labute approximate surface area is 340 Å². The first-order valence-corrected chi connectivity index (χ1v) is 21.2. The highest BCUT2D eigenvalue weighted by Gasteiger charge is 2.57. The summed E-state index contributed by atoms with van der Waals surface area (Å²) < 4.78 is 59.6. The molecule has 0 radical (unpaired) electrons. The summed E-state index contributed by atoms with van der Waals surface area (Å²) >= 11 is 0. The Hall–Kier alpha value is -3.12. The topological polar surface area (TPSA) is 83.1 Å². The summed E-state index contributed by atoms with van der Waals surface area (Å²) in [5.74, 6) is 0.663. The highest BCUT2D eigenvalue weighted by atomic mass is 16.7. The van der Waals surface area contributed by atoms with E-state index in [1.165, 1.54) is 0 Å². The van der Waals surface area contributed by atoms with Gasteiger partial charge in [0.25, 0.3) is 0 Å². The minimum absolute atomic E-state index is 0.126. The zero-order valence-electron chi connectivity index (χ0n) is 34.5. The van der Waals surface area contributed by atoms with Crippen molar-refractivity contribution in [3.63, 3.8) is 0 Å². The molecule has 0 unspecified atom stereocenters. The predicted octanol–water partition coefficient (Wildman–Crippen LogP) is 9.03. The highest BCUT2D eigenvalue weighted by molar-refractivity contribution is 5.16. The van der Waals surface area contributed by atoms with E-state index in [-0.39, 0.29) is 55.1 Å². The maximum atomic E-state index is 7.14. The minimum atomic E-state index is -0.683. The number of rotatable bonds is 16. The summed E-state index contributed by atoms with van der Waals surface area (Å²) in [7, 11) is 1.66. The van der Waals surface area contributed by atoms with Crippen LogP contribution < -0.4 is 0 Å². The number of hydrogen-bond acceptors (Lipinski definition) is 9. The van der Waals surface area contributed by atoms with Crippen molar-refractivity contribution in [2.45, 2.75) is 128 Å². The van der Waals surface area contributed by atoms with E-state index >= 15 is 0 Å². The second-order valence-electron chi connectivity index (χ2n) is 16.7. The first-order chi connectivity index (χ1) is 27.8. The summed E-state index contributed by atoms with van der Waals surface area (Å²) in [6, 6.07) is 30.9. The molecule has 0 aromatic heterocycles. The van der Waals surface area contributed by atoms with Gasteiger partial charge < -0.3 is 42.6 Å². The molecule has 3 aromatic carbocycles. The first-order valence-electron chi connectivity index (χ1n) is 21.2. The molecule has 9 heteroatoms. The van der Waals surface area contributed by atoms with Gasteiger partial charge in [0, 0.05) is 25.4 Å². The Morgan fingerprint density at radius 1 is 0.789 bits per heavy atom. The van der Waals surface area contributed by atoms with E-state index in [4.69, 9.17) is 42.6 Å². The normalized spacial score (nSPS) is 32.7. The summed E-state index contributed by atoms with van der Waals surface area (Å²) in [4.78, 5) is 0. The molecule has 0 bridgehead atoms. The van der Waals surface area contributed by atoms with E-state index in [0.717, 1.165) is 48.1 Å². The molecule has 4 aliphatic rings. The lowest BCUT2D eigenvalue weighted by atomic mass is 9.75. The highest BCUT2D eigenvalue weighted by Crippen LogP contribution is 2.48. The van der Waals surface area contributed by atoms with Crippen molar-refractivity contribution in [3.05, 3.63) is 120 Å². The van der Waals surface area contributed by atoms with Gasteiger partial charge in [-0.2, -0.15) is 0 Å². The molecule has 3 fully saturated rings. The molecule has 310 valence electrons. The van der Waals surface area contributed by atoms with E-state index in [0.29, 0.717) is 45.4 Å². The molecule has 3 saturated heterocycles. The van der Waals surface area contributed by atoms with Gasteiger partial charge in [0.15, 0.2) is 5.79 Å². The molecule has 0 amide bonds. The minimum Gasteiger partial charge on any atom is -0.492 e. The predicted molar refractivity (Wildman–Crippen MR) is 218 cm³/mol. The van der Waals surface area contributed by atoms with Crippen LogP contribution in [0.4, 0.5) is 0 Å². The molecule has 3 aromatic rings. The third kappa shape index (κ3) is 10.6. The zero-order valence-corrected chi connectivity index (χ0v) is 34.5. The Bertz CT molecular complexity index is 1650. The van der Waals surface area contributed by atoms with Crippen LogP contribution in [0, 0.1) is 23.7 Å². The molecule has 7 rings (SSSR count). The molecule has 57 heavy (non-hydrogen) atoms. The molecule has 12 atom stereocenters. The van der Waals surface area contributed by atoms with Crippen molar-refractivity contribution in [3.8, 4) is 0 Å². The quantitative estimate of drug-likeness (QED) is 0.132. The Balaban J connectivity index is 1.12. The number of hydrogen-bond donors (Lipinski definition) is 0. The van der Waals surface area contributed by atoms with E-state index in [2.05, 4.69) is 82.3 Å². The largest absolute Gasteiger partial charge is 0.492 e. The molecule has 0 N–H and O–H groups in total. The van der Waals surface area contributed by atoms with Crippen LogP contribution in [-0.4, -0.2) is 75.6 Å². The van der Waals surface area contributed by atoms with Crippen LogP contribution in [0.25, 0.3) is 0 Å². The number of benzene rings is 3. The average molecular weight is 785 g/mol. The van der Waals surface area contributed by atoms with Crippen molar-refractivity contribution in [2.75, 3.05) is 27.1 Å². The second kappa shape index (κ2) is 20.2. The molecule has 9 nitrogen and oxygen atoms in total. The number of methoxy groups -OCH3 is 1. The lowest BCUT2D eigenvalue weighted by Gasteiger charge is -2.52. The Morgan fingerprint density at radius 3 is 2.11 bits per heavy atom. The zero-order chi connectivity index (χ0) is 39.6. The fraction of sp³-hybridized carbons (Fsp3) is 0.583. The molecule has 0 aliphatic carbocycles. The van der Waals surface area contributed by atoms with Gasteiger partial charge >= 0.3 is 0 Å². The third-order valence-electron chi connectivity index (χ3n) is 12.6. The standard InChI is InChI=1S/C48H64O9/c1-33-26-42(51-29-38-18-11-7-12-19-38)44(31-50-28-37-16-9-6-10-17-37)56-41-23-22-40(55-43(41)27-33)35(3)46(52-30-39-20-13-8-14-21-39)47-45(53-32-49-5)34(2)36(4)48(57-47)24-15-25-54-48/h6-14,16-22,33-36,41-47H,15,23-32H2,1-5H3/t33-,34-,35+,36-,41+,42+,43-,44-,45+,46-,47+,48+/m0/s1. The van der Waals surface area contributed by atoms with Gasteiger partial charge in [-0.1, -0.05) is 119 Å². The third-order valence-corrected chi connectivity index (χ3v) is 12.6. The first kappa shape index (κ1) is 42.0. The monoisotopic (exact) mass is 784 g/mol. The van der Waals surface area contributed by atoms with Gasteiger partial charge in [-0.3, -0.25) is 0 Å². The van der Waals surface area contributed by atoms with Crippen LogP contribution >= 0.6 is 0 Å². The van der Waals surface area contributed by atoms with Crippen LogP contribution in [0.2, 0.25) is 0 Å². The van der Waals surface area contributed by atoms with Crippen LogP contribution in [-0.2, 0) is 62.5 Å². The number of ether oxygens (including phenoxy) is 9. The van der Waals surface area contributed by atoms with Gasteiger partial charge in [-0.25, -0.2) is 0 Å². The van der Waals surface area contributed by atoms with Crippen LogP contribution in [0.3, 0.4) is 0 Å². The molecule has 0 saturated carbocycles. The average Bonchev–Trinajstić information content (AvgIpc) is 3.71. The SMILES string of the molecule is COCO[C@@H]1[C@@H](C)[C@H](C)[C@@]2(CCCO2)O[C@H]1[C@@H](OCc1ccccc1)[C@H](C)C1=CC[C@H]2O[C@@H](COCc3ccccc3)[C@H](OCc3ccccc3)C[C@H](C)C[C@@H]2O1. The molecular formula is C48H64O9. The maximum absolute atomic E-state index is 7.14. The second-order valence-corrected chi connectivity index (χ2v) is 16.7. The van der Waals surface area contributed by atoms with Crippen molar-refractivity contribution in [1.82, 2.24) is 0 Å². The maximum Gasteiger partial charge on any atom is 0.171 e. The Kier molecular flexibility index (Phi) is 14.9. The Morgan fingerprint density at radius 2 is 1.46 bits per heavy atom. The van der Waals surface area contributed by atoms with Crippen molar-refractivity contribution in [2.24, 2.45) is 23.7 Å². The van der Waals surface area contributed by atoms with E-state index < -0.39 is 18.0 Å². The summed E-state index contributed by atoms with van der Waals surface area (Å²) in [6.45, 7) is 11.7. The molecule has 4 aliphatic heterocycles. The summed E-state index contributed by atoms with van der Waals surface area (Å²) in [6.07, 6.45) is 4.63. The molecule has 1 spiro atoms. The van der Waals surface area contributed by atoms with Crippen LogP contribution in [0.1, 0.15) is 76.5 Å². The van der Waals surface area contributed by atoms with Crippen LogP contribution in [0.5, 0.6) is 0 Å². The van der Waals surface area contributed by atoms with Gasteiger partial charge in [-0.15, -0.1) is 0 Å². The number of fused-ring (bicyclic) bond motifs is 1. The summed E-state index contributed by atoms with van der Waals surface area (Å²) in [5, 5.41) is 0. The lowest BCUT2D eigenvalue weighted by Crippen LogP contribution is -2.62. The van der Waals surface area contributed by atoms with Crippen molar-refractivity contribution >= 4 is 0 Å². The van der Waals surface area contributed by atoms with Crippen molar-refractivity contribution < 1.29 is 42.6 Å². The fourth-order valence-electron chi connectivity index (χ4n) is 9.22. The van der Waals surface area contributed by atoms with Crippen molar-refractivity contribution in [1.29, 1.82) is 0 Å². The van der Waals surface area contributed by atoms with E-state index in [9.17, 15) is 0 Å². The fourth-order valence-corrected chi connectivity index (χ4v) is 9.22. The lowest BCUT2D eigenvalue weighted by molar-refractivity contribution is -0.347. The molecule has 4 heterocycles. The van der Waals surface area contributed by atoms with Gasteiger partial charge in [0.2, 0.25) is 0 Å². The van der Waals surface area contributed by atoms with E-state index in [1.807, 2.05) is 42.5 Å². The molecular weight excluding hydrogens is 721 g/mol. The van der Waals surface area contributed by atoms with Gasteiger partial charge in [0.1, 0.15) is 25.1 Å².